The average Bonchev–Trinajstić information content (AvgIpc) is 3.33. The number of hydrogen-bond acceptors (Lipinski definition) is 8. The molecule has 8 nitrogen and oxygen atoms in total. The summed E-state index contributed by atoms with van der Waals surface area (Å²) >= 11 is 1.34. The third kappa shape index (κ3) is 3.68. The Bertz CT molecular complexity index is 871. The highest BCUT2D eigenvalue weighted by molar-refractivity contribution is 7.09. The van der Waals surface area contributed by atoms with E-state index in [1.807, 2.05) is 24.0 Å². The minimum absolute atomic E-state index is 0.109. The third-order valence-electron chi connectivity index (χ3n) is 6.41. The smallest absolute Gasteiger partial charge is 0.410 e. The number of hydrogen-bond donors (Lipinski definition) is 0. The van der Waals surface area contributed by atoms with Crippen molar-refractivity contribution in [1.29, 1.82) is 0 Å². The van der Waals surface area contributed by atoms with Crippen molar-refractivity contribution in [3.05, 3.63) is 18.0 Å². The van der Waals surface area contributed by atoms with Crippen LogP contribution in [0.4, 0.5) is 10.6 Å². The van der Waals surface area contributed by atoms with Crippen LogP contribution in [0.25, 0.3) is 10.7 Å². The first-order valence-electron chi connectivity index (χ1n) is 10.5. The Morgan fingerprint density at radius 2 is 1.93 bits per heavy atom. The maximum absolute atomic E-state index is 12.5. The van der Waals surface area contributed by atoms with Crippen molar-refractivity contribution in [1.82, 2.24) is 24.5 Å². The van der Waals surface area contributed by atoms with E-state index in [4.69, 9.17) is 4.74 Å². The van der Waals surface area contributed by atoms with Crippen LogP contribution in [0.3, 0.4) is 0 Å². The number of anilines is 1. The Morgan fingerprint density at radius 3 is 2.59 bits per heavy atom. The highest BCUT2D eigenvalue weighted by atomic mass is 32.1. The fourth-order valence-electron chi connectivity index (χ4n) is 4.73. The maximum atomic E-state index is 12.5. The lowest BCUT2D eigenvalue weighted by molar-refractivity contribution is 0.0365. The van der Waals surface area contributed by atoms with E-state index in [9.17, 15) is 4.79 Å². The number of nitrogens with zero attached hydrogens (tertiary/aromatic N) is 6. The van der Waals surface area contributed by atoms with Crippen molar-refractivity contribution >= 4 is 23.4 Å². The SMILES string of the molecule is Cc1nsc(-c2ccc(N3CCC4(CC3)CN(C3CCCCC3)C(=O)O4)nn2)n1. The van der Waals surface area contributed by atoms with Gasteiger partial charge in [0.1, 0.15) is 17.1 Å². The summed E-state index contributed by atoms with van der Waals surface area (Å²) in [6.45, 7) is 4.25. The standard InChI is InChI=1S/C20H26N6O2S/c1-14-21-18(29-24-14)16-7-8-17(23-22-16)25-11-9-20(10-12-25)13-26(19(27)28-20)15-5-3-2-4-6-15/h7-8,15H,2-6,9-13H2,1H3. The molecule has 5 rings (SSSR count). The zero-order valence-corrected chi connectivity index (χ0v) is 17.5. The lowest BCUT2D eigenvalue weighted by atomic mass is 9.89. The first-order chi connectivity index (χ1) is 14.1. The summed E-state index contributed by atoms with van der Waals surface area (Å²) < 4.78 is 10.1. The normalized spacial score (nSPS) is 22.3. The van der Waals surface area contributed by atoms with Crippen molar-refractivity contribution in [2.24, 2.45) is 0 Å². The summed E-state index contributed by atoms with van der Waals surface area (Å²) in [4.78, 5) is 21.1. The molecule has 2 saturated heterocycles. The number of amides is 1. The van der Waals surface area contributed by atoms with Crippen LogP contribution in [-0.2, 0) is 4.74 Å². The van der Waals surface area contributed by atoms with E-state index < -0.39 is 0 Å². The van der Waals surface area contributed by atoms with E-state index in [1.54, 1.807) is 0 Å². The fraction of sp³-hybridized carbons (Fsp3) is 0.650. The van der Waals surface area contributed by atoms with Gasteiger partial charge >= 0.3 is 6.09 Å². The second kappa shape index (κ2) is 7.51. The van der Waals surface area contributed by atoms with Gasteiger partial charge in [0.05, 0.1) is 6.54 Å². The molecule has 1 spiro atoms. The lowest BCUT2D eigenvalue weighted by Crippen LogP contribution is -2.48. The summed E-state index contributed by atoms with van der Waals surface area (Å²) in [5.41, 5.74) is 0.420. The number of aryl methyl sites for hydroxylation is 1. The molecule has 4 heterocycles. The molecule has 1 aliphatic carbocycles. The Labute approximate surface area is 174 Å². The molecule has 0 radical (unpaired) electrons. The van der Waals surface area contributed by atoms with Gasteiger partial charge in [-0.25, -0.2) is 9.78 Å². The first kappa shape index (κ1) is 18.7. The molecule has 2 aromatic rings. The van der Waals surface area contributed by atoms with Gasteiger partial charge in [0, 0.05) is 32.0 Å². The van der Waals surface area contributed by atoms with E-state index in [-0.39, 0.29) is 11.7 Å². The number of rotatable bonds is 3. The Balaban J connectivity index is 1.22. The monoisotopic (exact) mass is 414 g/mol. The van der Waals surface area contributed by atoms with Crippen LogP contribution in [-0.4, -0.2) is 61.8 Å². The maximum Gasteiger partial charge on any atom is 0.410 e. The molecule has 3 aliphatic rings. The van der Waals surface area contributed by atoms with Crippen LogP contribution in [0, 0.1) is 6.92 Å². The van der Waals surface area contributed by atoms with Crippen LogP contribution >= 0.6 is 11.5 Å². The van der Waals surface area contributed by atoms with E-state index in [0.717, 1.165) is 67.7 Å². The number of aromatic nitrogens is 4. The molecule has 0 bridgehead atoms. The van der Waals surface area contributed by atoms with Gasteiger partial charge in [-0.3, -0.25) is 0 Å². The van der Waals surface area contributed by atoms with E-state index >= 15 is 0 Å². The summed E-state index contributed by atoms with van der Waals surface area (Å²) in [5.74, 6) is 1.61. The highest BCUT2D eigenvalue weighted by Crippen LogP contribution is 2.37. The summed E-state index contributed by atoms with van der Waals surface area (Å²) in [7, 11) is 0. The third-order valence-corrected chi connectivity index (χ3v) is 7.24. The first-order valence-corrected chi connectivity index (χ1v) is 11.3. The van der Waals surface area contributed by atoms with Gasteiger partial charge in [-0.1, -0.05) is 19.3 Å². The molecule has 3 fully saturated rings. The quantitative estimate of drug-likeness (QED) is 0.761. The van der Waals surface area contributed by atoms with E-state index in [0.29, 0.717) is 6.04 Å². The van der Waals surface area contributed by atoms with Crippen LogP contribution in [0.2, 0.25) is 0 Å². The molecule has 1 saturated carbocycles. The molecule has 0 N–H and O–H groups in total. The predicted octanol–water partition coefficient (Wildman–Crippen LogP) is 3.43. The Hall–Kier alpha value is -2.29. The zero-order valence-electron chi connectivity index (χ0n) is 16.7. The Kier molecular flexibility index (Phi) is 4.85. The van der Waals surface area contributed by atoms with Crippen LogP contribution < -0.4 is 4.90 Å². The van der Waals surface area contributed by atoms with Gasteiger partial charge in [-0.05, 0) is 43.4 Å². The molecule has 9 heteroatoms. The van der Waals surface area contributed by atoms with Gasteiger partial charge < -0.3 is 14.5 Å². The number of carbonyl (C=O) groups is 1. The Morgan fingerprint density at radius 1 is 1.14 bits per heavy atom. The summed E-state index contributed by atoms with van der Waals surface area (Å²) in [6, 6.07) is 4.31. The van der Waals surface area contributed by atoms with Crippen molar-refractivity contribution in [3.8, 4) is 10.7 Å². The molecule has 2 aromatic heterocycles. The van der Waals surface area contributed by atoms with Crippen molar-refractivity contribution in [2.75, 3.05) is 24.5 Å². The molecule has 0 unspecified atom stereocenters. The minimum Gasteiger partial charge on any atom is -0.441 e. The van der Waals surface area contributed by atoms with Crippen LogP contribution in [0.5, 0.6) is 0 Å². The summed E-state index contributed by atoms with van der Waals surface area (Å²) in [6.07, 6.45) is 7.53. The lowest BCUT2D eigenvalue weighted by Gasteiger charge is -2.38. The van der Waals surface area contributed by atoms with E-state index in [2.05, 4.69) is 24.5 Å². The minimum atomic E-state index is -0.331. The molecule has 154 valence electrons. The van der Waals surface area contributed by atoms with Gasteiger partial charge in [0.25, 0.3) is 0 Å². The molecule has 1 amide bonds. The van der Waals surface area contributed by atoms with Gasteiger partial charge in [-0.2, -0.15) is 4.37 Å². The highest BCUT2D eigenvalue weighted by Gasteiger charge is 2.49. The fourth-order valence-corrected chi connectivity index (χ4v) is 5.37. The van der Waals surface area contributed by atoms with Crippen LogP contribution in [0.15, 0.2) is 12.1 Å². The van der Waals surface area contributed by atoms with Crippen molar-refractivity contribution in [3.63, 3.8) is 0 Å². The zero-order chi connectivity index (χ0) is 19.8. The predicted molar refractivity (Wildman–Crippen MR) is 110 cm³/mol. The number of carbonyl (C=O) groups excluding carboxylic acids is 1. The second-order valence-electron chi connectivity index (χ2n) is 8.38. The molecule has 2 aliphatic heterocycles. The molecule has 0 aromatic carbocycles. The molecule has 0 atom stereocenters. The van der Waals surface area contributed by atoms with Gasteiger partial charge in [-0.15, -0.1) is 10.2 Å². The summed E-state index contributed by atoms with van der Waals surface area (Å²) in [5, 5.41) is 9.53. The molecular weight excluding hydrogens is 388 g/mol. The molecular formula is C20H26N6O2S. The topological polar surface area (TPSA) is 84.3 Å². The average molecular weight is 415 g/mol. The molecule has 29 heavy (non-hydrogen) atoms. The van der Waals surface area contributed by atoms with Crippen LogP contribution in [0.1, 0.15) is 50.8 Å². The van der Waals surface area contributed by atoms with Gasteiger partial charge in [0.2, 0.25) is 0 Å². The second-order valence-corrected chi connectivity index (χ2v) is 9.13. The van der Waals surface area contributed by atoms with Crippen molar-refractivity contribution < 1.29 is 9.53 Å². The number of piperidine rings is 1. The van der Waals surface area contributed by atoms with Gasteiger partial charge in [0.15, 0.2) is 10.8 Å². The van der Waals surface area contributed by atoms with Crippen molar-refractivity contribution in [2.45, 2.75) is 63.5 Å². The van der Waals surface area contributed by atoms with E-state index in [1.165, 1.54) is 30.8 Å². The largest absolute Gasteiger partial charge is 0.441 e. The number of ether oxygens (including phenoxy) is 1.